The quantitative estimate of drug-likeness (QED) is 0.724. The number of para-hydroxylation sites is 1. The van der Waals surface area contributed by atoms with Crippen molar-refractivity contribution in [1.29, 1.82) is 0 Å². The third-order valence-electron chi connectivity index (χ3n) is 4.04. The fourth-order valence-corrected chi connectivity index (χ4v) is 2.90. The molecule has 0 bridgehead atoms. The molecule has 1 N–H and O–H groups in total. The zero-order valence-electron chi connectivity index (χ0n) is 15.2. The normalized spacial score (nSPS) is 10.7. The molecule has 0 aliphatic heterocycles. The third kappa shape index (κ3) is 3.83. The molecule has 1 aromatic heterocycles. The van der Waals surface area contributed by atoms with Crippen LogP contribution in [0.5, 0.6) is 5.75 Å². The molecule has 0 atom stereocenters. The third-order valence-corrected chi connectivity index (χ3v) is 4.04. The molecular formula is C21H22N2O3. The molecule has 0 fully saturated rings. The highest BCUT2D eigenvalue weighted by molar-refractivity contribution is 5.95. The molecule has 134 valence electrons. The van der Waals surface area contributed by atoms with Gasteiger partial charge >= 0.3 is 0 Å². The smallest absolute Gasteiger partial charge is 0.250 e. The zero-order valence-corrected chi connectivity index (χ0v) is 15.2. The maximum Gasteiger partial charge on any atom is 0.250 e. The van der Waals surface area contributed by atoms with Gasteiger partial charge in [0.2, 0.25) is 5.91 Å². The van der Waals surface area contributed by atoms with Crippen LogP contribution in [0.1, 0.15) is 12.5 Å². The number of fused-ring (bicyclic) bond motifs is 1. The molecule has 3 aromatic rings. The second-order valence-electron chi connectivity index (χ2n) is 5.97. The van der Waals surface area contributed by atoms with Crippen molar-refractivity contribution in [2.75, 3.05) is 25.6 Å². The minimum atomic E-state index is -0.181. The Morgan fingerprint density at radius 2 is 1.96 bits per heavy atom. The van der Waals surface area contributed by atoms with E-state index in [9.17, 15) is 4.79 Å². The van der Waals surface area contributed by atoms with Gasteiger partial charge in [0, 0.05) is 23.7 Å². The lowest BCUT2D eigenvalue weighted by molar-refractivity contribution is -0.119. The molecule has 0 saturated carbocycles. The first-order valence-electron chi connectivity index (χ1n) is 8.54. The Hall–Kier alpha value is -2.92. The van der Waals surface area contributed by atoms with Gasteiger partial charge in [-0.2, -0.15) is 0 Å². The van der Waals surface area contributed by atoms with E-state index in [0.29, 0.717) is 6.61 Å². The van der Waals surface area contributed by atoms with Gasteiger partial charge in [-0.1, -0.05) is 12.1 Å². The molecule has 3 rings (SSSR count). The number of carbonyl (C=O) groups is 1. The van der Waals surface area contributed by atoms with Crippen LogP contribution < -0.4 is 10.1 Å². The van der Waals surface area contributed by atoms with E-state index in [2.05, 4.69) is 5.32 Å². The predicted molar refractivity (Wildman–Crippen MR) is 104 cm³/mol. The van der Waals surface area contributed by atoms with Crippen molar-refractivity contribution >= 4 is 22.5 Å². The molecule has 5 heteroatoms. The summed E-state index contributed by atoms with van der Waals surface area (Å²) in [6.07, 6.45) is 0. The number of hydrogen-bond donors (Lipinski definition) is 1. The molecule has 0 aliphatic rings. The van der Waals surface area contributed by atoms with Crippen LogP contribution in [0.4, 0.5) is 5.69 Å². The van der Waals surface area contributed by atoms with Crippen molar-refractivity contribution in [3.63, 3.8) is 0 Å². The molecule has 5 nitrogen and oxygen atoms in total. The standard InChI is InChI=1S/C21H22N2O3/c1-4-26-20-8-6-5-7-16(20)19-11-14(2)17-12-15(9-10-18(17)23-19)22-21(24)13-25-3/h5-12H,4,13H2,1-3H3,(H,22,24). The first-order valence-corrected chi connectivity index (χ1v) is 8.54. The molecule has 26 heavy (non-hydrogen) atoms. The Balaban J connectivity index is 2.00. The monoisotopic (exact) mass is 350 g/mol. The summed E-state index contributed by atoms with van der Waals surface area (Å²) >= 11 is 0. The number of hydrogen-bond acceptors (Lipinski definition) is 4. The second-order valence-corrected chi connectivity index (χ2v) is 5.97. The summed E-state index contributed by atoms with van der Waals surface area (Å²) in [6, 6.07) is 15.6. The number of nitrogens with zero attached hydrogens (tertiary/aromatic N) is 1. The van der Waals surface area contributed by atoms with E-state index in [-0.39, 0.29) is 12.5 Å². The van der Waals surface area contributed by atoms with E-state index in [4.69, 9.17) is 14.5 Å². The molecule has 0 spiro atoms. The Bertz CT molecular complexity index is 938. The Morgan fingerprint density at radius 3 is 2.73 bits per heavy atom. The SMILES string of the molecule is CCOc1ccccc1-c1cc(C)c2cc(NC(=O)COC)ccc2n1. The Morgan fingerprint density at radius 1 is 1.15 bits per heavy atom. The summed E-state index contributed by atoms with van der Waals surface area (Å²) in [7, 11) is 1.50. The van der Waals surface area contributed by atoms with Crippen LogP contribution in [-0.4, -0.2) is 31.2 Å². The number of rotatable bonds is 6. The number of aryl methyl sites for hydroxylation is 1. The van der Waals surface area contributed by atoms with Crippen LogP contribution in [0.3, 0.4) is 0 Å². The van der Waals surface area contributed by atoms with Gasteiger partial charge < -0.3 is 14.8 Å². The summed E-state index contributed by atoms with van der Waals surface area (Å²) in [5.41, 5.74) is 4.52. The number of methoxy groups -OCH3 is 1. The van der Waals surface area contributed by atoms with Gasteiger partial charge in [-0.3, -0.25) is 4.79 Å². The highest BCUT2D eigenvalue weighted by atomic mass is 16.5. The summed E-state index contributed by atoms with van der Waals surface area (Å²) in [5.74, 6) is 0.643. The van der Waals surface area contributed by atoms with Crippen molar-refractivity contribution in [1.82, 2.24) is 4.98 Å². The molecule has 0 unspecified atom stereocenters. The summed E-state index contributed by atoms with van der Waals surface area (Å²) in [5, 5.41) is 3.82. The zero-order chi connectivity index (χ0) is 18.5. The number of ether oxygens (including phenoxy) is 2. The van der Waals surface area contributed by atoms with Crippen LogP contribution >= 0.6 is 0 Å². The summed E-state index contributed by atoms with van der Waals surface area (Å²) < 4.78 is 10.6. The number of amides is 1. The Labute approximate surface area is 153 Å². The van der Waals surface area contributed by atoms with Crippen molar-refractivity contribution in [2.24, 2.45) is 0 Å². The molecule has 1 heterocycles. The van der Waals surface area contributed by atoms with E-state index in [1.165, 1.54) is 7.11 Å². The highest BCUT2D eigenvalue weighted by Gasteiger charge is 2.11. The van der Waals surface area contributed by atoms with E-state index in [0.717, 1.165) is 39.2 Å². The topological polar surface area (TPSA) is 60.5 Å². The van der Waals surface area contributed by atoms with Crippen LogP contribution in [0.15, 0.2) is 48.5 Å². The lowest BCUT2D eigenvalue weighted by Gasteiger charge is -2.12. The molecule has 2 aromatic carbocycles. The predicted octanol–water partition coefficient (Wildman–Crippen LogP) is 4.19. The maximum atomic E-state index is 11.7. The van der Waals surface area contributed by atoms with Crippen LogP contribution in [0.25, 0.3) is 22.2 Å². The van der Waals surface area contributed by atoms with Crippen molar-refractivity contribution < 1.29 is 14.3 Å². The molecule has 0 radical (unpaired) electrons. The van der Waals surface area contributed by atoms with Crippen LogP contribution in [-0.2, 0) is 9.53 Å². The number of pyridine rings is 1. The maximum absolute atomic E-state index is 11.7. The van der Waals surface area contributed by atoms with Crippen molar-refractivity contribution in [3.8, 4) is 17.0 Å². The second kappa shape index (κ2) is 7.97. The fourth-order valence-electron chi connectivity index (χ4n) is 2.90. The number of nitrogens with one attached hydrogen (secondary N) is 1. The van der Waals surface area contributed by atoms with E-state index in [1.807, 2.05) is 62.4 Å². The highest BCUT2D eigenvalue weighted by Crippen LogP contribution is 2.32. The van der Waals surface area contributed by atoms with Gasteiger partial charge in [0.15, 0.2) is 0 Å². The van der Waals surface area contributed by atoms with E-state index >= 15 is 0 Å². The first-order chi connectivity index (χ1) is 12.6. The minimum absolute atomic E-state index is 0.0302. The largest absolute Gasteiger partial charge is 0.493 e. The minimum Gasteiger partial charge on any atom is -0.493 e. The average molecular weight is 350 g/mol. The first kappa shape index (κ1) is 17.9. The molecule has 1 amide bonds. The van der Waals surface area contributed by atoms with Gasteiger partial charge in [-0.15, -0.1) is 0 Å². The van der Waals surface area contributed by atoms with Gasteiger partial charge in [-0.05, 0) is 55.8 Å². The van der Waals surface area contributed by atoms with E-state index < -0.39 is 0 Å². The van der Waals surface area contributed by atoms with Gasteiger partial charge in [0.1, 0.15) is 12.4 Å². The average Bonchev–Trinajstić information content (AvgIpc) is 2.63. The molecule has 0 saturated heterocycles. The summed E-state index contributed by atoms with van der Waals surface area (Å²) in [4.78, 5) is 16.5. The lowest BCUT2D eigenvalue weighted by atomic mass is 10.0. The number of carbonyl (C=O) groups excluding carboxylic acids is 1. The van der Waals surface area contributed by atoms with Gasteiger partial charge in [0.25, 0.3) is 0 Å². The van der Waals surface area contributed by atoms with Crippen LogP contribution in [0, 0.1) is 6.92 Å². The van der Waals surface area contributed by atoms with Crippen molar-refractivity contribution in [3.05, 3.63) is 54.1 Å². The Kier molecular flexibility index (Phi) is 5.49. The van der Waals surface area contributed by atoms with Crippen LogP contribution in [0.2, 0.25) is 0 Å². The van der Waals surface area contributed by atoms with Crippen molar-refractivity contribution in [2.45, 2.75) is 13.8 Å². The molecule has 0 aliphatic carbocycles. The fraction of sp³-hybridized carbons (Fsp3) is 0.238. The number of aromatic nitrogens is 1. The molecular weight excluding hydrogens is 328 g/mol. The summed E-state index contributed by atoms with van der Waals surface area (Å²) in [6.45, 7) is 4.64. The lowest BCUT2D eigenvalue weighted by Crippen LogP contribution is -2.17. The number of benzene rings is 2. The number of anilines is 1. The van der Waals surface area contributed by atoms with Gasteiger partial charge in [0.05, 0.1) is 17.8 Å². The van der Waals surface area contributed by atoms with E-state index in [1.54, 1.807) is 0 Å². The van der Waals surface area contributed by atoms with Gasteiger partial charge in [-0.25, -0.2) is 4.98 Å².